The largest absolute Gasteiger partial charge is 0.384 e. The quantitative estimate of drug-likeness (QED) is 0.773. The second kappa shape index (κ2) is 6.83. The summed E-state index contributed by atoms with van der Waals surface area (Å²) in [6.45, 7) is 2.52. The lowest BCUT2D eigenvalue weighted by atomic mass is 10.0. The van der Waals surface area contributed by atoms with Crippen molar-refractivity contribution in [3.63, 3.8) is 0 Å². The zero-order chi connectivity index (χ0) is 18.2. The molecule has 0 saturated heterocycles. The Hall–Kier alpha value is -1.21. The third kappa shape index (κ3) is 3.16. The van der Waals surface area contributed by atoms with E-state index in [9.17, 15) is 8.42 Å². The maximum absolute atomic E-state index is 13.3. The minimum atomic E-state index is -3.50. The Morgan fingerprint density at radius 1 is 1.12 bits per heavy atom. The van der Waals surface area contributed by atoms with E-state index in [1.807, 2.05) is 43.3 Å². The van der Waals surface area contributed by atoms with Gasteiger partial charge in [0.05, 0.1) is 16.8 Å². The summed E-state index contributed by atoms with van der Waals surface area (Å²) >= 11 is 3.42. The highest BCUT2D eigenvalue weighted by Crippen LogP contribution is 2.63. The highest BCUT2D eigenvalue weighted by molar-refractivity contribution is 9.10. The van der Waals surface area contributed by atoms with E-state index < -0.39 is 20.5 Å². The molecule has 0 amide bonds. The van der Waals surface area contributed by atoms with Crippen molar-refractivity contribution in [1.82, 2.24) is 0 Å². The zero-order valence-electron chi connectivity index (χ0n) is 14.3. The summed E-state index contributed by atoms with van der Waals surface area (Å²) in [6.07, 6.45) is 0. The molecule has 6 heteroatoms. The molecule has 0 aliphatic heterocycles. The maximum Gasteiger partial charge on any atom is 0.182 e. The van der Waals surface area contributed by atoms with E-state index in [0.717, 1.165) is 15.6 Å². The number of hydrogen-bond donors (Lipinski definition) is 1. The van der Waals surface area contributed by atoms with Crippen molar-refractivity contribution in [3.05, 3.63) is 64.1 Å². The molecule has 1 fully saturated rings. The Kier molecular flexibility index (Phi) is 5.08. The van der Waals surface area contributed by atoms with Crippen molar-refractivity contribution in [1.29, 1.82) is 0 Å². The van der Waals surface area contributed by atoms with Gasteiger partial charge in [-0.05, 0) is 36.8 Å². The van der Waals surface area contributed by atoms with E-state index in [2.05, 4.69) is 15.9 Å². The molecule has 25 heavy (non-hydrogen) atoms. The lowest BCUT2D eigenvalue weighted by molar-refractivity contribution is 0.142. The molecule has 134 valence electrons. The van der Waals surface area contributed by atoms with Crippen LogP contribution >= 0.6 is 15.9 Å². The van der Waals surface area contributed by atoms with Crippen LogP contribution in [-0.4, -0.2) is 33.9 Å². The molecular formula is C19H22BrNO3S. The molecule has 0 spiro atoms. The molecule has 1 aliphatic rings. The second-order valence-electron chi connectivity index (χ2n) is 6.68. The lowest BCUT2D eigenvalue weighted by Crippen LogP contribution is -2.28. The first kappa shape index (κ1) is 18.6. The Bertz CT molecular complexity index is 849. The summed E-state index contributed by atoms with van der Waals surface area (Å²) in [6, 6.07) is 14.8. The van der Waals surface area contributed by atoms with Gasteiger partial charge in [0, 0.05) is 29.5 Å². The number of methoxy groups -OCH3 is 1. The van der Waals surface area contributed by atoms with E-state index in [-0.39, 0.29) is 12.5 Å². The Labute approximate surface area is 157 Å². The highest BCUT2D eigenvalue weighted by atomic mass is 79.9. The van der Waals surface area contributed by atoms with Crippen LogP contribution in [0, 0.1) is 12.3 Å². The number of benzene rings is 2. The molecule has 0 unspecified atom stereocenters. The zero-order valence-corrected chi connectivity index (χ0v) is 16.7. The van der Waals surface area contributed by atoms with E-state index >= 15 is 0 Å². The molecule has 3 atom stereocenters. The van der Waals surface area contributed by atoms with E-state index in [1.165, 1.54) is 0 Å². The normalized spacial score (nSPS) is 25.8. The van der Waals surface area contributed by atoms with Crippen LogP contribution in [-0.2, 0) is 14.6 Å². The highest BCUT2D eigenvalue weighted by Gasteiger charge is 2.70. The standard InChI is InChI=1S/C19H22BrNO3S/c1-13-3-9-16(10-4-13)25(22,23)18-17(19(18,11-21)12-24-2)14-5-7-15(20)8-6-14/h3-10,17-18H,11-12,21H2,1-2H3/t17-,18+,19-/m1/s1. The van der Waals surface area contributed by atoms with Gasteiger partial charge in [-0.3, -0.25) is 0 Å². The summed E-state index contributed by atoms with van der Waals surface area (Å²) in [4.78, 5) is 0.344. The summed E-state index contributed by atoms with van der Waals surface area (Å²) in [5.74, 6) is -0.170. The van der Waals surface area contributed by atoms with Gasteiger partial charge in [0.25, 0.3) is 0 Å². The number of nitrogens with two attached hydrogens (primary N) is 1. The van der Waals surface area contributed by atoms with Crippen molar-refractivity contribution in [3.8, 4) is 0 Å². The minimum absolute atomic E-state index is 0.170. The van der Waals surface area contributed by atoms with Gasteiger partial charge in [-0.1, -0.05) is 45.8 Å². The monoisotopic (exact) mass is 423 g/mol. The topological polar surface area (TPSA) is 69.4 Å². The number of sulfone groups is 1. The summed E-state index contributed by atoms with van der Waals surface area (Å²) < 4.78 is 32.9. The van der Waals surface area contributed by atoms with E-state index in [1.54, 1.807) is 19.2 Å². The van der Waals surface area contributed by atoms with Crippen molar-refractivity contribution >= 4 is 25.8 Å². The SMILES string of the molecule is COC[C@]1(CN)[C@H](c2ccc(Br)cc2)[C@@H]1S(=O)(=O)c1ccc(C)cc1. The van der Waals surface area contributed by atoms with Crippen LogP contribution < -0.4 is 5.73 Å². The van der Waals surface area contributed by atoms with Crippen molar-refractivity contribution in [2.45, 2.75) is 23.0 Å². The van der Waals surface area contributed by atoms with Crippen molar-refractivity contribution < 1.29 is 13.2 Å². The van der Waals surface area contributed by atoms with Crippen LogP contribution in [0.4, 0.5) is 0 Å². The number of rotatable bonds is 6. The molecule has 0 bridgehead atoms. The number of aryl methyl sites for hydroxylation is 1. The molecule has 0 radical (unpaired) electrons. The van der Waals surface area contributed by atoms with Crippen LogP contribution in [0.25, 0.3) is 0 Å². The van der Waals surface area contributed by atoms with Gasteiger partial charge in [-0.25, -0.2) is 8.42 Å². The molecule has 2 N–H and O–H groups in total. The van der Waals surface area contributed by atoms with Crippen LogP contribution in [0.3, 0.4) is 0 Å². The maximum atomic E-state index is 13.3. The number of ether oxygens (including phenoxy) is 1. The van der Waals surface area contributed by atoms with Gasteiger partial charge < -0.3 is 10.5 Å². The number of halogens is 1. The number of hydrogen-bond acceptors (Lipinski definition) is 4. The third-order valence-corrected chi connectivity index (χ3v) is 7.95. The van der Waals surface area contributed by atoms with Gasteiger partial charge in [0.15, 0.2) is 9.84 Å². The average Bonchev–Trinajstić information content (AvgIpc) is 3.26. The molecule has 0 aromatic heterocycles. The van der Waals surface area contributed by atoms with Crippen molar-refractivity contribution in [2.75, 3.05) is 20.3 Å². The molecule has 3 rings (SSSR count). The summed E-state index contributed by atoms with van der Waals surface area (Å²) in [7, 11) is -1.92. The lowest BCUT2D eigenvalue weighted by Gasteiger charge is -2.15. The predicted octanol–water partition coefficient (Wildman–Crippen LogP) is 3.29. The molecule has 2 aromatic carbocycles. The van der Waals surface area contributed by atoms with Gasteiger partial charge in [0.2, 0.25) is 0 Å². The fraction of sp³-hybridized carbons (Fsp3) is 0.368. The van der Waals surface area contributed by atoms with Crippen LogP contribution in [0.1, 0.15) is 17.0 Å². The minimum Gasteiger partial charge on any atom is -0.384 e. The third-order valence-electron chi connectivity index (χ3n) is 5.09. The Morgan fingerprint density at radius 2 is 1.72 bits per heavy atom. The summed E-state index contributed by atoms with van der Waals surface area (Å²) in [5, 5.41) is -0.575. The van der Waals surface area contributed by atoms with Gasteiger partial charge >= 0.3 is 0 Å². The first-order chi connectivity index (χ1) is 11.9. The van der Waals surface area contributed by atoms with Crippen molar-refractivity contribution in [2.24, 2.45) is 11.1 Å². The molecule has 0 heterocycles. The molecule has 4 nitrogen and oxygen atoms in total. The van der Waals surface area contributed by atoms with Gasteiger partial charge in [-0.2, -0.15) is 0 Å². The molecule has 2 aromatic rings. The second-order valence-corrected chi connectivity index (χ2v) is 9.66. The smallest absolute Gasteiger partial charge is 0.182 e. The molecule has 1 aliphatic carbocycles. The van der Waals surface area contributed by atoms with Crippen LogP contribution in [0.15, 0.2) is 57.9 Å². The van der Waals surface area contributed by atoms with E-state index in [4.69, 9.17) is 10.5 Å². The average molecular weight is 424 g/mol. The first-order valence-corrected chi connectivity index (χ1v) is 10.5. The summed E-state index contributed by atoms with van der Waals surface area (Å²) in [5.41, 5.74) is 7.46. The Morgan fingerprint density at radius 3 is 2.24 bits per heavy atom. The van der Waals surface area contributed by atoms with E-state index in [0.29, 0.717) is 11.5 Å². The molecular weight excluding hydrogens is 402 g/mol. The fourth-order valence-electron chi connectivity index (χ4n) is 3.74. The fourth-order valence-corrected chi connectivity index (χ4v) is 6.45. The predicted molar refractivity (Wildman–Crippen MR) is 102 cm³/mol. The Balaban J connectivity index is 2.05. The first-order valence-electron chi connectivity index (χ1n) is 8.12. The van der Waals surface area contributed by atoms with Crippen LogP contribution in [0.5, 0.6) is 0 Å². The van der Waals surface area contributed by atoms with Gasteiger partial charge in [-0.15, -0.1) is 0 Å². The van der Waals surface area contributed by atoms with Gasteiger partial charge in [0.1, 0.15) is 0 Å². The van der Waals surface area contributed by atoms with Crippen LogP contribution in [0.2, 0.25) is 0 Å². The molecule has 1 saturated carbocycles.